The van der Waals surface area contributed by atoms with Gasteiger partial charge in [0.25, 0.3) is 0 Å². The number of benzene rings is 1. The molecule has 16 heavy (non-hydrogen) atoms. The summed E-state index contributed by atoms with van der Waals surface area (Å²) in [7, 11) is 1.11. The largest absolute Gasteiger partial charge is 0.496 e. The molecule has 0 heterocycles. The summed E-state index contributed by atoms with van der Waals surface area (Å²) in [6.45, 7) is 0. The predicted octanol–water partition coefficient (Wildman–Crippen LogP) is 2.80. The summed E-state index contributed by atoms with van der Waals surface area (Å²) >= 11 is 0. The van der Waals surface area contributed by atoms with Crippen LogP contribution in [0, 0.1) is 0 Å². The second-order valence-electron chi connectivity index (χ2n) is 2.84. The molecule has 1 amide bonds. The lowest BCUT2D eigenvalue weighted by Gasteiger charge is -2.13. The van der Waals surface area contributed by atoms with Crippen molar-refractivity contribution in [1.82, 2.24) is 0 Å². The monoisotopic (exact) mass is 235 g/mol. The van der Waals surface area contributed by atoms with Crippen LogP contribution in [0.4, 0.5) is 23.7 Å². The zero-order valence-corrected chi connectivity index (χ0v) is 8.13. The minimum atomic E-state index is -4.60. The molecule has 4 nitrogen and oxygen atoms in total. The maximum atomic E-state index is 12.5. The Bertz CT molecular complexity index is 403. The molecule has 1 aromatic rings. The van der Waals surface area contributed by atoms with Crippen molar-refractivity contribution in [2.45, 2.75) is 6.18 Å². The molecule has 0 aliphatic rings. The predicted molar refractivity (Wildman–Crippen MR) is 49.6 cm³/mol. The molecule has 88 valence electrons. The van der Waals surface area contributed by atoms with Crippen LogP contribution in [0.2, 0.25) is 0 Å². The first kappa shape index (κ1) is 12.2. The van der Waals surface area contributed by atoms with Crippen LogP contribution in [0.25, 0.3) is 0 Å². The van der Waals surface area contributed by atoms with Crippen LogP contribution in [0.1, 0.15) is 5.56 Å². The number of halogens is 3. The maximum absolute atomic E-state index is 12.5. The average Bonchev–Trinajstić information content (AvgIpc) is 2.15. The zero-order valence-electron chi connectivity index (χ0n) is 8.13. The third kappa shape index (κ3) is 2.78. The van der Waals surface area contributed by atoms with Gasteiger partial charge in [0.15, 0.2) is 0 Å². The lowest BCUT2D eigenvalue weighted by molar-refractivity contribution is -0.138. The SMILES string of the molecule is COc1ccc(NC(=O)O)cc1C(F)(F)F. The van der Waals surface area contributed by atoms with E-state index in [4.69, 9.17) is 5.11 Å². The Morgan fingerprint density at radius 1 is 1.44 bits per heavy atom. The molecular formula is C9H8F3NO3. The third-order valence-electron chi connectivity index (χ3n) is 1.76. The number of hydrogen-bond acceptors (Lipinski definition) is 2. The van der Waals surface area contributed by atoms with E-state index in [0.717, 1.165) is 13.2 Å². The Morgan fingerprint density at radius 3 is 2.50 bits per heavy atom. The number of amides is 1. The van der Waals surface area contributed by atoms with Crippen molar-refractivity contribution in [2.75, 3.05) is 12.4 Å². The van der Waals surface area contributed by atoms with Crippen LogP contribution in [-0.4, -0.2) is 18.3 Å². The molecule has 0 bridgehead atoms. The summed E-state index contributed by atoms with van der Waals surface area (Å²) in [6.07, 6.45) is -6.03. The van der Waals surface area contributed by atoms with E-state index in [1.165, 1.54) is 6.07 Å². The Hall–Kier alpha value is -1.92. The van der Waals surface area contributed by atoms with Gasteiger partial charge in [-0.15, -0.1) is 0 Å². The Morgan fingerprint density at radius 2 is 2.06 bits per heavy atom. The van der Waals surface area contributed by atoms with Crippen molar-refractivity contribution >= 4 is 11.8 Å². The van der Waals surface area contributed by atoms with Gasteiger partial charge in [-0.05, 0) is 18.2 Å². The molecule has 1 rings (SSSR count). The lowest BCUT2D eigenvalue weighted by Crippen LogP contribution is -2.11. The van der Waals surface area contributed by atoms with E-state index in [-0.39, 0.29) is 11.4 Å². The fourth-order valence-electron chi connectivity index (χ4n) is 1.13. The highest BCUT2D eigenvalue weighted by Crippen LogP contribution is 2.37. The Balaban J connectivity index is 3.16. The van der Waals surface area contributed by atoms with E-state index in [2.05, 4.69) is 4.74 Å². The first-order valence-electron chi connectivity index (χ1n) is 4.10. The van der Waals surface area contributed by atoms with Gasteiger partial charge in [-0.1, -0.05) is 0 Å². The molecule has 0 fully saturated rings. The second-order valence-corrected chi connectivity index (χ2v) is 2.84. The van der Waals surface area contributed by atoms with Gasteiger partial charge < -0.3 is 9.84 Å². The normalized spacial score (nSPS) is 11.0. The van der Waals surface area contributed by atoms with Crippen molar-refractivity contribution < 1.29 is 27.8 Å². The van der Waals surface area contributed by atoms with Crippen molar-refractivity contribution in [3.8, 4) is 5.75 Å². The summed E-state index contributed by atoms with van der Waals surface area (Å²) in [4.78, 5) is 10.3. The van der Waals surface area contributed by atoms with Gasteiger partial charge in [0, 0.05) is 5.69 Å². The van der Waals surface area contributed by atoms with E-state index in [1.807, 2.05) is 5.32 Å². The number of anilines is 1. The Kier molecular flexibility index (Phi) is 3.26. The van der Waals surface area contributed by atoms with Crippen LogP contribution in [-0.2, 0) is 6.18 Å². The molecule has 0 saturated carbocycles. The second kappa shape index (κ2) is 4.30. The topological polar surface area (TPSA) is 58.6 Å². The van der Waals surface area contributed by atoms with Gasteiger partial charge >= 0.3 is 12.3 Å². The number of carbonyl (C=O) groups is 1. The van der Waals surface area contributed by atoms with Crippen molar-refractivity contribution in [3.05, 3.63) is 23.8 Å². The lowest BCUT2D eigenvalue weighted by atomic mass is 10.1. The average molecular weight is 235 g/mol. The number of ether oxygens (including phenoxy) is 1. The summed E-state index contributed by atoms with van der Waals surface area (Å²) in [5.74, 6) is -0.358. The molecular weight excluding hydrogens is 227 g/mol. The Labute approximate surface area is 88.6 Å². The van der Waals surface area contributed by atoms with E-state index < -0.39 is 17.8 Å². The van der Waals surface area contributed by atoms with Gasteiger partial charge in [-0.2, -0.15) is 13.2 Å². The minimum Gasteiger partial charge on any atom is -0.496 e. The van der Waals surface area contributed by atoms with Crippen LogP contribution in [0.5, 0.6) is 5.75 Å². The maximum Gasteiger partial charge on any atom is 0.420 e. The van der Waals surface area contributed by atoms with Crippen LogP contribution >= 0.6 is 0 Å². The molecule has 0 radical (unpaired) electrons. The number of alkyl halides is 3. The molecule has 0 saturated heterocycles. The van der Waals surface area contributed by atoms with Gasteiger partial charge in [-0.3, -0.25) is 5.32 Å². The summed E-state index contributed by atoms with van der Waals surface area (Å²) in [6, 6.07) is 2.91. The third-order valence-corrected chi connectivity index (χ3v) is 1.76. The fraction of sp³-hybridized carbons (Fsp3) is 0.222. The summed E-state index contributed by atoms with van der Waals surface area (Å²) in [5, 5.41) is 10.2. The quantitative estimate of drug-likeness (QED) is 0.828. The van der Waals surface area contributed by atoms with Crippen LogP contribution in [0.3, 0.4) is 0 Å². The number of carboxylic acid groups (broad SMARTS) is 1. The van der Waals surface area contributed by atoms with E-state index in [1.54, 1.807) is 0 Å². The van der Waals surface area contributed by atoms with E-state index in [9.17, 15) is 18.0 Å². The van der Waals surface area contributed by atoms with Gasteiger partial charge in [0.05, 0.1) is 12.7 Å². The standard InChI is InChI=1S/C9H8F3NO3/c1-16-7-3-2-5(13-8(14)15)4-6(7)9(10,11)12/h2-4,13H,1H3,(H,14,15). The van der Waals surface area contributed by atoms with Gasteiger partial charge in [0.2, 0.25) is 0 Å². The highest BCUT2D eigenvalue weighted by Gasteiger charge is 2.34. The molecule has 0 aliphatic carbocycles. The number of nitrogens with one attached hydrogen (secondary N) is 1. The summed E-state index contributed by atoms with van der Waals surface area (Å²) < 4.78 is 42.0. The molecule has 0 atom stereocenters. The van der Waals surface area contributed by atoms with Crippen molar-refractivity contribution in [1.29, 1.82) is 0 Å². The minimum absolute atomic E-state index is 0.166. The molecule has 0 aromatic heterocycles. The van der Waals surface area contributed by atoms with E-state index in [0.29, 0.717) is 6.07 Å². The van der Waals surface area contributed by atoms with Gasteiger partial charge in [0.1, 0.15) is 5.75 Å². The highest BCUT2D eigenvalue weighted by molar-refractivity contribution is 5.83. The molecule has 0 unspecified atom stereocenters. The number of rotatable bonds is 2. The first-order valence-corrected chi connectivity index (χ1v) is 4.10. The van der Waals surface area contributed by atoms with E-state index >= 15 is 0 Å². The molecule has 1 aromatic carbocycles. The zero-order chi connectivity index (χ0) is 12.3. The fourth-order valence-corrected chi connectivity index (χ4v) is 1.13. The van der Waals surface area contributed by atoms with Crippen LogP contribution < -0.4 is 10.1 Å². The first-order chi connectivity index (χ1) is 7.34. The number of hydrogen-bond donors (Lipinski definition) is 2. The molecule has 7 heteroatoms. The van der Waals surface area contributed by atoms with Crippen molar-refractivity contribution in [2.24, 2.45) is 0 Å². The molecule has 0 aliphatic heterocycles. The molecule has 2 N–H and O–H groups in total. The van der Waals surface area contributed by atoms with Crippen LogP contribution in [0.15, 0.2) is 18.2 Å². The number of methoxy groups -OCH3 is 1. The summed E-state index contributed by atoms with van der Waals surface area (Å²) in [5.41, 5.74) is -1.19. The smallest absolute Gasteiger partial charge is 0.420 e. The molecule has 0 spiro atoms. The highest BCUT2D eigenvalue weighted by atomic mass is 19.4. The van der Waals surface area contributed by atoms with Crippen molar-refractivity contribution in [3.63, 3.8) is 0 Å². The van der Waals surface area contributed by atoms with Gasteiger partial charge in [-0.25, -0.2) is 4.79 Å².